The predicted octanol–water partition coefficient (Wildman–Crippen LogP) is -1.22. The smallest absolute Gasteiger partial charge is 0.233 e. The molecular formula is C9H19N3O2. The zero-order chi connectivity index (χ0) is 10.6. The molecule has 1 fully saturated rings. The number of hydrogen-bond acceptors (Lipinski definition) is 4. The molecule has 0 aromatic carbocycles. The Labute approximate surface area is 84.6 Å². The standard InChI is InChI=1S/C9H19N3O2/c1-7-6-14-8(3-10)4-12(7)5-9(13)11-2/h7-8H,3-6,10H2,1-2H3,(H,11,13). The van der Waals surface area contributed by atoms with Crippen LogP contribution in [-0.4, -0.2) is 56.2 Å². The summed E-state index contributed by atoms with van der Waals surface area (Å²) in [6.07, 6.45) is 0.0656. The van der Waals surface area contributed by atoms with Crippen LogP contribution in [0.15, 0.2) is 0 Å². The van der Waals surface area contributed by atoms with Crippen LogP contribution >= 0.6 is 0 Å². The van der Waals surface area contributed by atoms with Crippen LogP contribution in [-0.2, 0) is 9.53 Å². The number of rotatable bonds is 3. The van der Waals surface area contributed by atoms with E-state index in [0.29, 0.717) is 19.7 Å². The molecular weight excluding hydrogens is 182 g/mol. The molecule has 14 heavy (non-hydrogen) atoms. The first-order valence-corrected chi connectivity index (χ1v) is 4.93. The SMILES string of the molecule is CNC(=O)CN1CC(CN)OCC1C. The number of nitrogens with two attached hydrogens (primary N) is 1. The molecule has 1 amide bonds. The van der Waals surface area contributed by atoms with E-state index in [1.807, 2.05) is 0 Å². The number of likely N-dealkylation sites (N-methyl/N-ethyl adjacent to an activating group) is 1. The number of amides is 1. The largest absolute Gasteiger partial charge is 0.374 e. The molecule has 5 heteroatoms. The zero-order valence-corrected chi connectivity index (χ0v) is 8.82. The second-order valence-electron chi connectivity index (χ2n) is 3.64. The minimum Gasteiger partial charge on any atom is -0.374 e. The van der Waals surface area contributed by atoms with Gasteiger partial charge in [-0.15, -0.1) is 0 Å². The summed E-state index contributed by atoms with van der Waals surface area (Å²) in [5.74, 6) is 0.0366. The fourth-order valence-corrected chi connectivity index (χ4v) is 1.50. The Hall–Kier alpha value is -0.650. The highest BCUT2D eigenvalue weighted by Gasteiger charge is 2.26. The van der Waals surface area contributed by atoms with Crippen LogP contribution in [0.1, 0.15) is 6.92 Å². The first kappa shape index (κ1) is 11.4. The number of ether oxygens (including phenoxy) is 1. The quantitative estimate of drug-likeness (QED) is 0.600. The van der Waals surface area contributed by atoms with Crippen LogP contribution in [0.5, 0.6) is 0 Å². The number of morpholine rings is 1. The molecule has 1 saturated heterocycles. The second kappa shape index (κ2) is 5.29. The molecule has 0 saturated carbocycles. The maximum atomic E-state index is 11.2. The normalized spacial score (nSPS) is 28.8. The summed E-state index contributed by atoms with van der Waals surface area (Å²) in [5, 5.41) is 2.61. The third-order valence-electron chi connectivity index (χ3n) is 2.52. The van der Waals surface area contributed by atoms with E-state index in [2.05, 4.69) is 17.1 Å². The van der Waals surface area contributed by atoms with Crippen molar-refractivity contribution in [3.05, 3.63) is 0 Å². The number of hydrogen-bond donors (Lipinski definition) is 2. The second-order valence-corrected chi connectivity index (χ2v) is 3.64. The van der Waals surface area contributed by atoms with Crippen LogP contribution in [0, 0.1) is 0 Å². The molecule has 3 N–H and O–H groups in total. The van der Waals surface area contributed by atoms with E-state index >= 15 is 0 Å². The highest BCUT2D eigenvalue weighted by Crippen LogP contribution is 2.10. The van der Waals surface area contributed by atoms with Gasteiger partial charge in [-0.25, -0.2) is 0 Å². The first-order valence-electron chi connectivity index (χ1n) is 4.93. The van der Waals surface area contributed by atoms with Gasteiger partial charge in [0.2, 0.25) is 5.91 Å². The van der Waals surface area contributed by atoms with Crippen LogP contribution in [0.25, 0.3) is 0 Å². The van der Waals surface area contributed by atoms with Crippen molar-refractivity contribution in [3.8, 4) is 0 Å². The molecule has 0 aromatic rings. The maximum Gasteiger partial charge on any atom is 0.233 e. The summed E-state index contributed by atoms with van der Waals surface area (Å²) in [4.78, 5) is 13.3. The van der Waals surface area contributed by atoms with Gasteiger partial charge in [-0.2, -0.15) is 0 Å². The Balaban J connectivity index is 2.44. The van der Waals surface area contributed by atoms with Crippen molar-refractivity contribution in [2.24, 2.45) is 5.73 Å². The number of carbonyl (C=O) groups is 1. The average Bonchev–Trinajstić information content (AvgIpc) is 2.21. The van der Waals surface area contributed by atoms with Crippen molar-refractivity contribution in [1.29, 1.82) is 0 Å². The third kappa shape index (κ3) is 2.94. The van der Waals surface area contributed by atoms with Crippen molar-refractivity contribution in [2.45, 2.75) is 19.1 Å². The van der Waals surface area contributed by atoms with Crippen molar-refractivity contribution in [1.82, 2.24) is 10.2 Å². The van der Waals surface area contributed by atoms with Crippen LogP contribution in [0.3, 0.4) is 0 Å². The summed E-state index contributed by atoms with van der Waals surface area (Å²) in [7, 11) is 1.65. The van der Waals surface area contributed by atoms with Gasteiger partial charge in [-0.3, -0.25) is 9.69 Å². The summed E-state index contributed by atoms with van der Waals surface area (Å²) in [6, 6.07) is 0.287. The van der Waals surface area contributed by atoms with E-state index in [-0.39, 0.29) is 18.1 Å². The zero-order valence-electron chi connectivity index (χ0n) is 8.82. The Morgan fingerprint density at radius 1 is 1.71 bits per heavy atom. The fourth-order valence-electron chi connectivity index (χ4n) is 1.50. The summed E-state index contributed by atoms with van der Waals surface area (Å²) in [6.45, 7) is 4.38. The minimum absolute atomic E-state index is 0.0366. The van der Waals surface area contributed by atoms with Gasteiger partial charge in [0.25, 0.3) is 0 Å². The van der Waals surface area contributed by atoms with Gasteiger partial charge in [0.05, 0.1) is 19.3 Å². The maximum absolute atomic E-state index is 11.2. The predicted molar refractivity (Wildman–Crippen MR) is 53.9 cm³/mol. The van der Waals surface area contributed by atoms with E-state index in [1.54, 1.807) is 7.05 Å². The Bertz CT molecular complexity index is 198. The third-order valence-corrected chi connectivity index (χ3v) is 2.52. The van der Waals surface area contributed by atoms with E-state index in [1.165, 1.54) is 0 Å². The van der Waals surface area contributed by atoms with E-state index < -0.39 is 0 Å². The molecule has 0 aromatic heterocycles. The monoisotopic (exact) mass is 201 g/mol. The molecule has 0 radical (unpaired) electrons. The first-order chi connectivity index (χ1) is 6.67. The summed E-state index contributed by atoms with van der Waals surface area (Å²) < 4.78 is 5.49. The van der Waals surface area contributed by atoms with Crippen LogP contribution in [0.4, 0.5) is 0 Å². The van der Waals surface area contributed by atoms with Gasteiger partial charge in [-0.1, -0.05) is 0 Å². The molecule has 1 rings (SSSR count). The molecule has 1 aliphatic heterocycles. The molecule has 1 heterocycles. The Morgan fingerprint density at radius 3 is 3.00 bits per heavy atom. The molecule has 2 atom stereocenters. The highest BCUT2D eigenvalue weighted by molar-refractivity contribution is 5.77. The van der Waals surface area contributed by atoms with Crippen molar-refractivity contribution in [2.75, 3.05) is 33.3 Å². The number of nitrogens with zero attached hydrogens (tertiary/aromatic N) is 1. The molecule has 0 bridgehead atoms. The lowest BCUT2D eigenvalue weighted by atomic mass is 10.2. The lowest BCUT2D eigenvalue weighted by molar-refractivity contribution is -0.125. The van der Waals surface area contributed by atoms with E-state index in [0.717, 1.165) is 6.54 Å². The van der Waals surface area contributed by atoms with Crippen molar-refractivity contribution < 1.29 is 9.53 Å². The Morgan fingerprint density at radius 2 is 2.43 bits per heavy atom. The lowest BCUT2D eigenvalue weighted by Crippen LogP contribution is -2.53. The molecule has 2 unspecified atom stereocenters. The number of carbonyl (C=O) groups excluding carboxylic acids is 1. The van der Waals surface area contributed by atoms with Gasteiger partial charge in [-0.05, 0) is 6.92 Å². The fraction of sp³-hybridized carbons (Fsp3) is 0.889. The summed E-state index contributed by atoms with van der Waals surface area (Å²) in [5.41, 5.74) is 5.52. The molecule has 0 aliphatic carbocycles. The van der Waals surface area contributed by atoms with Crippen LogP contribution < -0.4 is 11.1 Å². The topological polar surface area (TPSA) is 67.6 Å². The molecule has 82 valence electrons. The molecule has 5 nitrogen and oxygen atoms in total. The van der Waals surface area contributed by atoms with Gasteiger partial charge in [0.1, 0.15) is 0 Å². The molecule has 0 spiro atoms. The van der Waals surface area contributed by atoms with Gasteiger partial charge >= 0.3 is 0 Å². The average molecular weight is 201 g/mol. The van der Waals surface area contributed by atoms with Gasteiger partial charge < -0.3 is 15.8 Å². The van der Waals surface area contributed by atoms with Gasteiger partial charge in [0.15, 0.2) is 0 Å². The highest BCUT2D eigenvalue weighted by atomic mass is 16.5. The summed E-state index contributed by atoms with van der Waals surface area (Å²) >= 11 is 0. The Kier molecular flexibility index (Phi) is 4.31. The number of nitrogens with one attached hydrogen (secondary N) is 1. The van der Waals surface area contributed by atoms with E-state index in [9.17, 15) is 4.79 Å². The lowest BCUT2D eigenvalue weighted by Gasteiger charge is -2.36. The van der Waals surface area contributed by atoms with Crippen LogP contribution in [0.2, 0.25) is 0 Å². The molecule has 1 aliphatic rings. The van der Waals surface area contributed by atoms with Gasteiger partial charge in [0, 0.05) is 26.2 Å². The minimum atomic E-state index is 0.0366. The van der Waals surface area contributed by atoms with Crippen molar-refractivity contribution >= 4 is 5.91 Å². The van der Waals surface area contributed by atoms with Crippen molar-refractivity contribution in [3.63, 3.8) is 0 Å². The van der Waals surface area contributed by atoms with E-state index in [4.69, 9.17) is 10.5 Å².